The van der Waals surface area contributed by atoms with Crippen LogP contribution in [0.2, 0.25) is 0 Å². The number of benzene rings is 1. The molecule has 3 aromatic heterocycles. The Bertz CT molecular complexity index is 1220. The van der Waals surface area contributed by atoms with Crippen molar-refractivity contribution >= 4 is 11.3 Å². The molecule has 3 heterocycles. The lowest BCUT2D eigenvalue weighted by molar-refractivity contribution is 0.834. The summed E-state index contributed by atoms with van der Waals surface area (Å²) in [5, 5.41) is 4.55. The van der Waals surface area contributed by atoms with Crippen LogP contribution in [0.1, 0.15) is 44.8 Å². The molecule has 148 valence electrons. The van der Waals surface area contributed by atoms with Crippen LogP contribution in [0.15, 0.2) is 24.5 Å². The zero-order chi connectivity index (χ0) is 20.9. The fourth-order valence-corrected chi connectivity index (χ4v) is 3.84. The van der Waals surface area contributed by atoms with Crippen LogP contribution in [0.25, 0.3) is 17.0 Å². The highest BCUT2D eigenvalue weighted by Gasteiger charge is 2.19. The van der Waals surface area contributed by atoms with E-state index in [1.54, 1.807) is 12.4 Å². The molecule has 0 radical (unpaired) electrons. The second-order valence-corrected chi connectivity index (χ2v) is 7.74. The summed E-state index contributed by atoms with van der Waals surface area (Å²) in [4.78, 5) is 13.8. The van der Waals surface area contributed by atoms with E-state index in [0.29, 0.717) is 23.8 Å². The number of hydrogen-bond acceptors (Lipinski definition) is 5. The Balaban J connectivity index is 1.90. The molecule has 6 nitrogen and oxygen atoms in total. The Morgan fingerprint density at radius 2 is 1.55 bits per heavy atom. The number of nitrogen functional groups attached to an aromatic ring is 1. The molecule has 0 fully saturated rings. The smallest absolute Gasteiger partial charge is 0.182 e. The Hall–Kier alpha value is -3.28. The summed E-state index contributed by atoms with van der Waals surface area (Å²) >= 11 is 0. The van der Waals surface area contributed by atoms with Crippen LogP contribution >= 0.6 is 0 Å². The number of rotatable bonds is 3. The molecule has 0 spiro atoms. The number of fused-ring (bicyclic) bond motifs is 1. The van der Waals surface area contributed by atoms with Gasteiger partial charge in [-0.3, -0.25) is 0 Å². The molecule has 6 heteroatoms. The lowest BCUT2D eigenvalue weighted by Crippen LogP contribution is -2.06. The summed E-state index contributed by atoms with van der Waals surface area (Å²) < 4.78 is 1.89. The van der Waals surface area contributed by atoms with Gasteiger partial charge in [-0.05, 0) is 87.1 Å². The van der Waals surface area contributed by atoms with Gasteiger partial charge >= 0.3 is 0 Å². The topological polar surface area (TPSA) is 82.0 Å². The highest BCUT2D eigenvalue weighted by molar-refractivity contribution is 5.73. The molecule has 0 aliphatic carbocycles. The van der Waals surface area contributed by atoms with Crippen LogP contribution in [0.5, 0.6) is 0 Å². The fourth-order valence-electron chi connectivity index (χ4n) is 3.84. The first-order valence-electron chi connectivity index (χ1n) is 9.77. The SMILES string of the molecule is Cc1cnc(-c2nc(Cc3c(C)c(C)c(C)c(C)c3C)n3ncccc23)nc1N. The average Bonchev–Trinajstić information content (AvgIpc) is 3.09. The average molecular weight is 387 g/mol. The summed E-state index contributed by atoms with van der Waals surface area (Å²) in [5.74, 6) is 1.86. The van der Waals surface area contributed by atoms with Gasteiger partial charge in [-0.25, -0.2) is 19.5 Å². The number of nitrogens with zero attached hydrogens (tertiary/aromatic N) is 5. The van der Waals surface area contributed by atoms with Crippen molar-refractivity contribution in [1.29, 1.82) is 0 Å². The van der Waals surface area contributed by atoms with Crippen molar-refractivity contribution < 1.29 is 0 Å². The van der Waals surface area contributed by atoms with E-state index < -0.39 is 0 Å². The molecule has 0 saturated carbocycles. The number of aromatic nitrogens is 5. The summed E-state index contributed by atoms with van der Waals surface area (Å²) in [6.07, 6.45) is 4.21. The van der Waals surface area contributed by atoms with E-state index in [1.165, 1.54) is 33.4 Å². The van der Waals surface area contributed by atoms with Gasteiger partial charge in [-0.15, -0.1) is 0 Å². The quantitative estimate of drug-likeness (QED) is 0.570. The Morgan fingerprint density at radius 3 is 2.21 bits per heavy atom. The first kappa shape index (κ1) is 19.1. The minimum atomic E-state index is 0.470. The lowest BCUT2D eigenvalue weighted by atomic mass is 9.88. The Labute approximate surface area is 170 Å². The van der Waals surface area contributed by atoms with E-state index in [9.17, 15) is 0 Å². The summed E-state index contributed by atoms with van der Waals surface area (Å²) in [7, 11) is 0. The fraction of sp³-hybridized carbons (Fsp3) is 0.304. The zero-order valence-corrected chi connectivity index (χ0v) is 17.8. The van der Waals surface area contributed by atoms with Gasteiger partial charge in [0, 0.05) is 24.4 Å². The third kappa shape index (κ3) is 3.05. The maximum Gasteiger partial charge on any atom is 0.182 e. The van der Waals surface area contributed by atoms with Crippen molar-refractivity contribution in [2.75, 3.05) is 5.73 Å². The van der Waals surface area contributed by atoms with Crippen LogP contribution in [-0.4, -0.2) is 24.6 Å². The van der Waals surface area contributed by atoms with Gasteiger partial charge in [0.15, 0.2) is 5.82 Å². The van der Waals surface area contributed by atoms with Gasteiger partial charge in [0.2, 0.25) is 0 Å². The second-order valence-electron chi connectivity index (χ2n) is 7.74. The minimum Gasteiger partial charge on any atom is -0.383 e. The molecule has 0 saturated heterocycles. The van der Waals surface area contributed by atoms with E-state index in [1.807, 2.05) is 23.6 Å². The molecule has 4 rings (SSSR count). The second kappa shape index (κ2) is 6.95. The number of aryl methyl sites for hydroxylation is 1. The molecule has 29 heavy (non-hydrogen) atoms. The standard InChI is InChI=1S/C23H26N6/c1-12-11-25-23(28-22(12)24)21-19-8-7-9-26-29(19)20(27-21)10-18-16(5)14(3)13(2)15(4)17(18)6/h7-9,11H,10H2,1-6H3,(H2,24,25,28). The monoisotopic (exact) mass is 386 g/mol. The van der Waals surface area contributed by atoms with Crippen molar-refractivity contribution in [3.8, 4) is 11.5 Å². The van der Waals surface area contributed by atoms with Crippen molar-refractivity contribution in [3.05, 3.63) is 69.3 Å². The molecule has 0 aliphatic rings. The predicted molar refractivity (Wildman–Crippen MR) is 116 cm³/mol. The van der Waals surface area contributed by atoms with Crippen LogP contribution < -0.4 is 5.73 Å². The van der Waals surface area contributed by atoms with Crippen molar-refractivity contribution in [1.82, 2.24) is 24.6 Å². The van der Waals surface area contributed by atoms with Crippen molar-refractivity contribution in [2.45, 2.75) is 48.0 Å². The Morgan fingerprint density at radius 1 is 0.897 bits per heavy atom. The van der Waals surface area contributed by atoms with E-state index in [2.05, 4.69) is 49.7 Å². The first-order chi connectivity index (χ1) is 13.8. The summed E-state index contributed by atoms with van der Waals surface area (Å²) in [6, 6.07) is 3.89. The molecule has 2 N–H and O–H groups in total. The van der Waals surface area contributed by atoms with Crippen LogP contribution in [-0.2, 0) is 6.42 Å². The first-order valence-corrected chi connectivity index (χ1v) is 9.77. The Kier molecular flexibility index (Phi) is 4.57. The molecule has 0 aliphatic heterocycles. The van der Waals surface area contributed by atoms with Gasteiger partial charge in [-0.2, -0.15) is 5.10 Å². The summed E-state index contributed by atoms with van der Waals surface area (Å²) in [5.41, 5.74) is 16.4. The minimum absolute atomic E-state index is 0.470. The molecule has 0 unspecified atom stereocenters. The van der Waals surface area contributed by atoms with Crippen LogP contribution in [0, 0.1) is 41.5 Å². The summed E-state index contributed by atoms with van der Waals surface area (Å²) in [6.45, 7) is 12.9. The molecule has 0 atom stereocenters. The van der Waals surface area contributed by atoms with Gasteiger partial charge < -0.3 is 5.73 Å². The molecular formula is C23H26N6. The molecule has 0 amide bonds. The van der Waals surface area contributed by atoms with Crippen molar-refractivity contribution in [3.63, 3.8) is 0 Å². The number of hydrogen-bond donors (Lipinski definition) is 1. The van der Waals surface area contributed by atoms with Gasteiger partial charge in [-0.1, -0.05) is 0 Å². The molecule has 1 aromatic carbocycles. The highest BCUT2D eigenvalue weighted by atomic mass is 15.3. The molecule has 4 aromatic rings. The highest BCUT2D eigenvalue weighted by Crippen LogP contribution is 2.29. The molecular weight excluding hydrogens is 360 g/mol. The van der Waals surface area contributed by atoms with E-state index in [0.717, 1.165) is 16.9 Å². The van der Waals surface area contributed by atoms with E-state index >= 15 is 0 Å². The van der Waals surface area contributed by atoms with Gasteiger partial charge in [0.1, 0.15) is 17.3 Å². The zero-order valence-electron chi connectivity index (χ0n) is 17.8. The largest absolute Gasteiger partial charge is 0.383 e. The van der Waals surface area contributed by atoms with E-state index in [4.69, 9.17) is 10.7 Å². The maximum atomic E-state index is 6.02. The molecule has 0 bridgehead atoms. The third-order valence-electron chi connectivity index (χ3n) is 6.19. The van der Waals surface area contributed by atoms with Crippen LogP contribution in [0.3, 0.4) is 0 Å². The predicted octanol–water partition coefficient (Wildman–Crippen LogP) is 4.21. The lowest BCUT2D eigenvalue weighted by Gasteiger charge is -2.18. The van der Waals surface area contributed by atoms with E-state index in [-0.39, 0.29) is 0 Å². The normalized spacial score (nSPS) is 11.4. The van der Waals surface area contributed by atoms with Crippen LogP contribution in [0.4, 0.5) is 5.82 Å². The number of anilines is 1. The number of nitrogens with two attached hydrogens (primary N) is 1. The van der Waals surface area contributed by atoms with Gasteiger partial charge in [0.25, 0.3) is 0 Å². The van der Waals surface area contributed by atoms with Gasteiger partial charge in [0.05, 0.1) is 5.52 Å². The van der Waals surface area contributed by atoms with Crippen molar-refractivity contribution in [2.24, 2.45) is 0 Å². The maximum absolute atomic E-state index is 6.02. The third-order valence-corrected chi connectivity index (χ3v) is 6.19. The number of imidazole rings is 1.